The van der Waals surface area contributed by atoms with Gasteiger partial charge < -0.3 is 48.5 Å². The number of ether oxygens (including phenoxy) is 8. The molecule has 5 rings (SSSR count). The fourth-order valence-corrected chi connectivity index (χ4v) is 6.68. The summed E-state index contributed by atoms with van der Waals surface area (Å²) in [5.41, 5.74) is 1.73. The molecule has 366 valence electrons. The number of Topliss-reactive ketones (excluding diaryl/α,β-unsaturated/α-hetero) is 2. The largest absolute Gasteiger partial charge is 0.486 e. The van der Waals surface area contributed by atoms with Crippen LogP contribution in [-0.2, 0) is 65.6 Å². The lowest BCUT2D eigenvalue weighted by molar-refractivity contribution is -0.147. The van der Waals surface area contributed by atoms with Gasteiger partial charge >= 0.3 is 5.97 Å². The predicted molar refractivity (Wildman–Crippen MR) is 251 cm³/mol. The Morgan fingerprint density at radius 3 is 1.31 bits per heavy atom. The Hall–Kier alpha value is -6.05. The Morgan fingerprint density at radius 2 is 0.868 bits per heavy atom. The highest BCUT2D eigenvalue weighted by Gasteiger charge is 2.27. The second-order valence-electron chi connectivity index (χ2n) is 15.7. The molecule has 0 spiro atoms. The third kappa shape index (κ3) is 22.2. The number of carbonyl (C=O) groups is 5. The fourth-order valence-electron chi connectivity index (χ4n) is 6.68. The first kappa shape index (κ1) is 52.9. The van der Waals surface area contributed by atoms with Gasteiger partial charge in [0.2, 0.25) is 11.8 Å². The highest BCUT2D eigenvalue weighted by Crippen LogP contribution is 2.11. The molecule has 1 fully saturated rings. The number of carbonyl (C=O) groups excluding carboxylic acids is 5. The zero-order chi connectivity index (χ0) is 47.9. The lowest BCUT2D eigenvalue weighted by atomic mass is 10.1. The summed E-state index contributed by atoms with van der Waals surface area (Å²) in [5.74, 6) is -1.26. The van der Waals surface area contributed by atoms with Crippen LogP contribution in [-0.4, -0.2) is 163 Å². The van der Waals surface area contributed by atoms with Crippen LogP contribution < -0.4 is 20.1 Å². The third-order valence-corrected chi connectivity index (χ3v) is 10.4. The molecule has 0 aliphatic carbocycles. The molecule has 0 unspecified atom stereocenters. The van der Waals surface area contributed by atoms with Gasteiger partial charge in [-0.15, -0.1) is 0 Å². The Labute approximate surface area is 398 Å². The zero-order valence-corrected chi connectivity index (χ0v) is 38.5. The summed E-state index contributed by atoms with van der Waals surface area (Å²) in [4.78, 5) is 70.2. The van der Waals surface area contributed by atoms with Crippen LogP contribution >= 0.6 is 0 Å². The maximum Gasteiger partial charge on any atom is 0.308 e. The molecule has 2 N–H and O–H groups in total. The molecule has 17 heteroatoms. The van der Waals surface area contributed by atoms with Gasteiger partial charge in [-0.05, 0) is 35.4 Å². The maximum atomic E-state index is 13.5. The molecule has 4 aromatic carbocycles. The molecule has 0 radical (unpaired) electrons. The van der Waals surface area contributed by atoms with E-state index in [9.17, 15) is 24.0 Å². The fraction of sp³-hybridized carbons (Fsp3) is 0.431. The van der Waals surface area contributed by atoms with Gasteiger partial charge in [-0.1, -0.05) is 97.1 Å². The van der Waals surface area contributed by atoms with Crippen LogP contribution in [0.25, 0.3) is 0 Å². The van der Waals surface area contributed by atoms with Crippen LogP contribution in [0.5, 0.6) is 11.5 Å². The Bertz CT molecular complexity index is 2030. The van der Waals surface area contributed by atoms with Crippen molar-refractivity contribution < 1.29 is 61.9 Å². The molecule has 17 nitrogen and oxygen atoms in total. The second kappa shape index (κ2) is 31.8. The Morgan fingerprint density at radius 1 is 0.485 bits per heavy atom. The maximum absolute atomic E-state index is 13.5. The van der Waals surface area contributed by atoms with Crippen LogP contribution in [0.15, 0.2) is 121 Å². The summed E-state index contributed by atoms with van der Waals surface area (Å²) < 4.78 is 46.0. The smallest absolute Gasteiger partial charge is 0.308 e. The summed E-state index contributed by atoms with van der Waals surface area (Å²) in [7, 11) is 0. The quantitative estimate of drug-likeness (QED) is 0.109. The number of nitrogens with one attached hydrogen (secondary N) is 2. The molecule has 2 amide bonds. The lowest BCUT2D eigenvalue weighted by Gasteiger charge is -2.25. The number of hydrogen-bond acceptors (Lipinski definition) is 15. The number of ketones is 2. The van der Waals surface area contributed by atoms with Gasteiger partial charge in [0.25, 0.3) is 0 Å². The van der Waals surface area contributed by atoms with Crippen molar-refractivity contribution in [1.82, 2.24) is 20.4 Å². The van der Waals surface area contributed by atoms with Gasteiger partial charge in [-0.25, -0.2) is 0 Å². The summed E-state index contributed by atoms with van der Waals surface area (Å²) in [6.07, 6.45) is -0.370. The molecule has 68 heavy (non-hydrogen) atoms. The van der Waals surface area contributed by atoms with Gasteiger partial charge in [0.1, 0.15) is 43.4 Å². The van der Waals surface area contributed by atoms with Gasteiger partial charge in [-0.3, -0.25) is 33.8 Å². The molecule has 0 saturated carbocycles. The number of nitrogens with zero attached hydrogens (tertiary/aromatic N) is 2. The number of benzene rings is 4. The minimum Gasteiger partial charge on any atom is -0.486 e. The monoisotopic (exact) mass is 940 g/mol. The first-order valence-corrected chi connectivity index (χ1v) is 22.9. The van der Waals surface area contributed by atoms with Crippen molar-refractivity contribution >= 4 is 29.4 Å². The highest BCUT2D eigenvalue weighted by molar-refractivity contribution is 5.93. The van der Waals surface area contributed by atoms with Crippen LogP contribution in [0, 0.1) is 0 Å². The summed E-state index contributed by atoms with van der Waals surface area (Å²) in [5, 5.41) is 5.58. The molecule has 1 heterocycles. The molecule has 1 aliphatic rings. The number of esters is 1. The highest BCUT2D eigenvalue weighted by atomic mass is 16.5. The Balaban J connectivity index is 1.07. The van der Waals surface area contributed by atoms with E-state index in [1.165, 1.54) is 0 Å². The van der Waals surface area contributed by atoms with E-state index in [-0.39, 0.29) is 104 Å². The molecule has 0 aromatic heterocycles. The van der Waals surface area contributed by atoms with Gasteiger partial charge in [-0.2, -0.15) is 0 Å². The SMILES string of the molecule is O=C(CN1CCOCCOCCN(CC(=O)N[C@H](CC(=O)OCc2ccccc2)C(=O)COc2ccccc2)CCOCCOCC1)N[C@@H](COCc1ccccc1)C(=O)COc1ccccc1. The van der Waals surface area contributed by atoms with Gasteiger partial charge in [0.05, 0.1) is 85.6 Å². The van der Waals surface area contributed by atoms with E-state index in [4.69, 9.17) is 37.9 Å². The molecule has 0 bridgehead atoms. The molecular weight excluding hydrogens is 877 g/mol. The number of para-hydroxylation sites is 2. The van der Waals surface area contributed by atoms with E-state index in [0.29, 0.717) is 50.9 Å². The minimum atomic E-state index is -1.18. The zero-order valence-electron chi connectivity index (χ0n) is 38.5. The number of hydrogen-bond donors (Lipinski definition) is 2. The predicted octanol–water partition coefficient (Wildman–Crippen LogP) is 3.29. The normalized spacial score (nSPS) is 15.9. The van der Waals surface area contributed by atoms with Crippen molar-refractivity contribution in [3.05, 3.63) is 132 Å². The number of rotatable bonds is 22. The van der Waals surface area contributed by atoms with Crippen LogP contribution in [0.3, 0.4) is 0 Å². The van der Waals surface area contributed by atoms with Crippen LogP contribution in [0.2, 0.25) is 0 Å². The van der Waals surface area contributed by atoms with Crippen molar-refractivity contribution in [2.24, 2.45) is 0 Å². The van der Waals surface area contributed by atoms with Crippen molar-refractivity contribution in [1.29, 1.82) is 0 Å². The standard InChI is InChI=1S/C51H64N4O13/c56-47(39-66-43-17-9-3-10-18-43)45(33-51(60)68-37-42-15-7-2-8-16-42)52-49(58)34-54-21-25-61-29-31-63-27-23-55(24-28-64-32-30-62-26-22-54)35-50(59)53-46(38-65-36-41-13-5-1-6-14-41)48(57)40-67-44-19-11-4-12-20-44/h1-20,45-46H,21-40H2,(H,52,58)(H,53,59)/t45-,46+/m1/s1. The summed E-state index contributed by atoms with van der Waals surface area (Å²) in [6.45, 7) is 3.38. The van der Waals surface area contributed by atoms with E-state index in [2.05, 4.69) is 10.6 Å². The van der Waals surface area contributed by atoms with Crippen molar-refractivity contribution in [2.45, 2.75) is 31.7 Å². The average molecular weight is 941 g/mol. The Kier molecular flexibility index (Phi) is 24.8. The first-order valence-electron chi connectivity index (χ1n) is 22.9. The molecule has 4 aromatic rings. The van der Waals surface area contributed by atoms with Crippen molar-refractivity contribution in [3.63, 3.8) is 0 Å². The summed E-state index contributed by atoms with van der Waals surface area (Å²) in [6, 6.07) is 34.4. The van der Waals surface area contributed by atoms with Crippen LogP contribution in [0.1, 0.15) is 17.5 Å². The molecule has 1 saturated heterocycles. The van der Waals surface area contributed by atoms with Gasteiger partial charge in [0, 0.05) is 26.2 Å². The number of amides is 2. The lowest BCUT2D eigenvalue weighted by Crippen LogP contribution is -2.50. The second-order valence-corrected chi connectivity index (χ2v) is 15.7. The summed E-state index contributed by atoms with van der Waals surface area (Å²) >= 11 is 0. The van der Waals surface area contributed by atoms with Gasteiger partial charge in [0.15, 0.2) is 11.6 Å². The van der Waals surface area contributed by atoms with Crippen molar-refractivity contribution in [3.8, 4) is 11.5 Å². The third-order valence-electron chi connectivity index (χ3n) is 10.4. The molecule has 2 atom stereocenters. The van der Waals surface area contributed by atoms with Crippen LogP contribution in [0.4, 0.5) is 0 Å². The first-order chi connectivity index (χ1) is 33.3. The van der Waals surface area contributed by atoms with E-state index in [1.54, 1.807) is 36.4 Å². The molecular formula is C51H64N4O13. The van der Waals surface area contributed by atoms with E-state index in [0.717, 1.165) is 11.1 Å². The van der Waals surface area contributed by atoms with E-state index >= 15 is 0 Å². The van der Waals surface area contributed by atoms with E-state index < -0.39 is 29.7 Å². The minimum absolute atomic E-state index is 0.0140. The molecule has 1 aliphatic heterocycles. The average Bonchev–Trinajstić information content (AvgIpc) is 3.36. The topological polar surface area (TPSA) is 190 Å². The van der Waals surface area contributed by atoms with E-state index in [1.807, 2.05) is 94.7 Å². The van der Waals surface area contributed by atoms with Crippen molar-refractivity contribution in [2.75, 3.05) is 112 Å².